The van der Waals surface area contributed by atoms with Crippen LogP contribution in [0.3, 0.4) is 0 Å². The lowest BCUT2D eigenvalue weighted by Crippen LogP contribution is -2.48. The molecule has 0 atom stereocenters. The van der Waals surface area contributed by atoms with Crippen LogP contribution in [0.1, 0.15) is 49.3 Å². The van der Waals surface area contributed by atoms with Crippen LogP contribution in [0.25, 0.3) is 0 Å². The molecule has 0 aliphatic heterocycles. The number of hydrogen-bond acceptors (Lipinski definition) is 2. The largest absolute Gasteiger partial charge is 0.311 e. The first-order valence-corrected chi connectivity index (χ1v) is 7.79. The van der Waals surface area contributed by atoms with Gasteiger partial charge in [-0.15, -0.1) is 0 Å². The van der Waals surface area contributed by atoms with E-state index in [1.165, 1.54) is 32.1 Å². The van der Waals surface area contributed by atoms with Crippen molar-refractivity contribution in [2.24, 2.45) is 23.7 Å². The zero-order valence-electron chi connectivity index (χ0n) is 11.9. The van der Waals surface area contributed by atoms with E-state index in [4.69, 9.17) is 0 Å². The van der Waals surface area contributed by atoms with Crippen molar-refractivity contribution in [1.29, 1.82) is 5.26 Å². The number of pyridine rings is 1. The average Bonchev–Trinajstić information content (AvgIpc) is 2.40. The molecule has 5 rings (SSSR count). The van der Waals surface area contributed by atoms with Crippen LogP contribution in [0.2, 0.25) is 0 Å². The summed E-state index contributed by atoms with van der Waals surface area (Å²) in [6.07, 6.45) is 8.52. The summed E-state index contributed by atoms with van der Waals surface area (Å²) in [4.78, 5) is 12.6. The highest BCUT2D eigenvalue weighted by Crippen LogP contribution is 2.57. The first kappa shape index (κ1) is 12.2. The highest BCUT2D eigenvalue weighted by molar-refractivity contribution is 5.34. The summed E-state index contributed by atoms with van der Waals surface area (Å²) in [5.74, 6) is 3.15. The Labute approximate surface area is 119 Å². The Balaban J connectivity index is 1.79. The third kappa shape index (κ3) is 1.60. The quantitative estimate of drug-likeness (QED) is 0.786. The zero-order chi connectivity index (χ0) is 13.9. The van der Waals surface area contributed by atoms with Gasteiger partial charge >= 0.3 is 0 Å². The number of nitrogens with zero attached hydrogens (tertiary/aromatic N) is 2. The Morgan fingerprint density at radius 1 is 1.15 bits per heavy atom. The Hall–Kier alpha value is -1.56. The van der Waals surface area contributed by atoms with Crippen LogP contribution in [0, 0.1) is 41.9 Å². The maximum Gasteiger partial charge on any atom is 0.269 e. The second kappa shape index (κ2) is 4.22. The fourth-order valence-electron chi connectivity index (χ4n) is 5.36. The second-order valence-corrected chi connectivity index (χ2v) is 7.12. The first-order valence-electron chi connectivity index (χ1n) is 7.79. The molecular weight excluding hydrogens is 248 g/mol. The van der Waals surface area contributed by atoms with E-state index in [0.717, 1.165) is 17.4 Å². The van der Waals surface area contributed by atoms with E-state index in [0.29, 0.717) is 23.4 Å². The van der Waals surface area contributed by atoms with Crippen molar-refractivity contribution in [1.82, 2.24) is 4.57 Å². The van der Waals surface area contributed by atoms with Gasteiger partial charge in [0, 0.05) is 12.2 Å². The molecule has 0 aromatic carbocycles. The summed E-state index contributed by atoms with van der Waals surface area (Å²) in [6.45, 7) is 1.85. The molecular formula is C17H20N2O. The van der Waals surface area contributed by atoms with Gasteiger partial charge in [0.15, 0.2) is 0 Å². The molecule has 1 heterocycles. The highest BCUT2D eigenvalue weighted by atomic mass is 16.1. The van der Waals surface area contributed by atoms with Crippen LogP contribution in [0.5, 0.6) is 0 Å². The zero-order valence-corrected chi connectivity index (χ0v) is 11.9. The third-order valence-corrected chi connectivity index (χ3v) is 5.94. The Morgan fingerprint density at radius 3 is 2.30 bits per heavy atom. The van der Waals surface area contributed by atoms with Crippen molar-refractivity contribution < 1.29 is 0 Å². The number of aromatic nitrogens is 1. The molecule has 0 N–H and O–H groups in total. The highest BCUT2D eigenvalue weighted by Gasteiger charge is 2.49. The molecule has 1 aromatic heterocycles. The molecule has 1 aromatic rings. The minimum Gasteiger partial charge on any atom is -0.311 e. The summed E-state index contributed by atoms with van der Waals surface area (Å²) in [5.41, 5.74) is 1.07. The number of aryl methyl sites for hydroxylation is 1. The van der Waals surface area contributed by atoms with Crippen LogP contribution in [0.4, 0.5) is 0 Å². The summed E-state index contributed by atoms with van der Waals surface area (Å²) < 4.78 is 1.90. The predicted octanol–water partition coefficient (Wildman–Crippen LogP) is 3.03. The minimum absolute atomic E-state index is 0.0648. The molecule has 0 amide bonds. The maximum absolute atomic E-state index is 12.6. The summed E-state index contributed by atoms with van der Waals surface area (Å²) in [7, 11) is 0. The van der Waals surface area contributed by atoms with Crippen LogP contribution in [-0.4, -0.2) is 4.57 Å². The van der Waals surface area contributed by atoms with Crippen molar-refractivity contribution in [2.75, 3.05) is 0 Å². The monoisotopic (exact) mass is 268 g/mol. The topological polar surface area (TPSA) is 45.8 Å². The standard InChI is InChI=1S/C17H20N2O/c1-10-2-3-19(17(20)15(10)9-18)16-13-5-11-4-12(7-13)8-14(16)6-11/h2-3,11-14,16H,4-8H2,1H3. The van der Waals surface area contributed by atoms with E-state index in [9.17, 15) is 10.1 Å². The van der Waals surface area contributed by atoms with Gasteiger partial charge in [0.05, 0.1) is 0 Å². The number of rotatable bonds is 1. The van der Waals surface area contributed by atoms with Gasteiger partial charge < -0.3 is 4.57 Å². The summed E-state index contributed by atoms with van der Waals surface area (Å²) >= 11 is 0. The molecule has 3 nitrogen and oxygen atoms in total. The van der Waals surface area contributed by atoms with E-state index in [1.54, 1.807) is 0 Å². The van der Waals surface area contributed by atoms with Gasteiger partial charge in [-0.1, -0.05) is 0 Å². The SMILES string of the molecule is Cc1ccn(C2C3CC4CC(C3)CC2C4)c(=O)c1C#N. The Bertz CT molecular complexity index is 624. The molecule has 0 saturated heterocycles. The maximum atomic E-state index is 12.6. The fourth-order valence-corrected chi connectivity index (χ4v) is 5.36. The smallest absolute Gasteiger partial charge is 0.269 e. The fraction of sp³-hybridized carbons (Fsp3) is 0.647. The molecule has 4 aliphatic rings. The van der Waals surface area contributed by atoms with Gasteiger partial charge in [0.25, 0.3) is 5.56 Å². The van der Waals surface area contributed by atoms with Gasteiger partial charge in [-0.3, -0.25) is 4.79 Å². The number of nitriles is 1. The van der Waals surface area contributed by atoms with Crippen LogP contribution < -0.4 is 5.56 Å². The lowest BCUT2D eigenvalue weighted by molar-refractivity contribution is -0.0304. The molecule has 0 spiro atoms. The minimum atomic E-state index is -0.0648. The van der Waals surface area contributed by atoms with E-state index in [2.05, 4.69) is 6.07 Å². The second-order valence-electron chi connectivity index (χ2n) is 7.12. The molecule has 4 saturated carbocycles. The molecule has 4 fully saturated rings. The molecule has 4 aliphatic carbocycles. The van der Waals surface area contributed by atoms with E-state index in [-0.39, 0.29) is 5.56 Å². The van der Waals surface area contributed by atoms with Gasteiger partial charge in [-0.05, 0) is 74.3 Å². The van der Waals surface area contributed by atoms with Crippen molar-refractivity contribution in [3.05, 3.63) is 33.7 Å². The van der Waals surface area contributed by atoms with Gasteiger partial charge in [-0.2, -0.15) is 5.26 Å². The van der Waals surface area contributed by atoms with E-state index in [1.807, 2.05) is 23.8 Å². The lowest BCUT2D eigenvalue weighted by atomic mass is 9.54. The molecule has 0 radical (unpaired) electrons. The lowest BCUT2D eigenvalue weighted by Gasteiger charge is -2.54. The number of hydrogen-bond donors (Lipinski definition) is 0. The third-order valence-electron chi connectivity index (χ3n) is 5.94. The molecule has 0 unspecified atom stereocenters. The average molecular weight is 268 g/mol. The summed E-state index contributed by atoms with van der Waals surface area (Å²) in [5, 5.41) is 9.21. The van der Waals surface area contributed by atoms with Gasteiger partial charge in [0.1, 0.15) is 11.6 Å². The molecule has 20 heavy (non-hydrogen) atoms. The van der Waals surface area contributed by atoms with Crippen molar-refractivity contribution in [3.8, 4) is 6.07 Å². The van der Waals surface area contributed by atoms with E-state index >= 15 is 0 Å². The van der Waals surface area contributed by atoms with E-state index < -0.39 is 0 Å². The molecule has 4 bridgehead atoms. The van der Waals surface area contributed by atoms with Gasteiger partial charge in [-0.25, -0.2) is 0 Å². The van der Waals surface area contributed by atoms with Crippen molar-refractivity contribution in [2.45, 2.75) is 45.1 Å². The van der Waals surface area contributed by atoms with Crippen LogP contribution in [-0.2, 0) is 0 Å². The van der Waals surface area contributed by atoms with Gasteiger partial charge in [0.2, 0.25) is 0 Å². The Kier molecular flexibility index (Phi) is 2.57. The first-order chi connectivity index (χ1) is 9.67. The summed E-state index contributed by atoms with van der Waals surface area (Å²) in [6, 6.07) is 4.38. The predicted molar refractivity (Wildman–Crippen MR) is 76.2 cm³/mol. The molecule has 3 heteroatoms. The van der Waals surface area contributed by atoms with Crippen molar-refractivity contribution >= 4 is 0 Å². The Morgan fingerprint density at radius 2 is 1.75 bits per heavy atom. The van der Waals surface area contributed by atoms with Crippen molar-refractivity contribution in [3.63, 3.8) is 0 Å². The van der Waals surface area contributed by atoms with Crippen LogP contribution >= 0.6 is 0 Å². The van der Waals surface area contributed by atoms with Crippen LogP contribution in [0.15, 0.2) is 17.1 Å². The molecule has 104 valence electrons. The normalized spacial score (nSPS) is 37.9.